The molecule has 0 aliphatic carbocycles. The van der Waals surface area contributed by atoms with Gasteiger partial charge in [-0.25, -0.2) is 19.3 Å². The molecule has 0 bridgehead atoms. The Bertz CT molecular complexity index is 1280. The lowest BCUT2D eigenvalue weighted by molar-refractivity contribution is -0.117. The molecule has 0 radical (unpaired) electrons. The highest BCUT2D eigenvalue weighted by Crippen LogP contribution is 2.31. The predicted octanol–water partition coefficient (Wildman–Crippen LogP) is 3.01. The number of nitrogens with zero attached hydrogens (tertiary/aromatic N) is 5. The van der Waals surface area contributed by atoms with E-state index >= 15 is 0 Å². The minimum Gasteiger partial charge on any atom is -0.352 e. The van der Waals surface area contributed by atoms with Crippen LogP contribution >= 0.6 is 11.5 Å². The fraction of sp³-hybridized carbons (Fsp3) is 0.150. The van der Waals surface area contributed by atoms with Crippen LogP contribution in [0, 0.1) is 5.82 Å². The number of carbonyl (C=O) groups is 1. The van der Waals surface area contributed by atoms with E-state index in [9.17, 15) is 9.18 Å². The lowest BCUT2D eigenvalue weighted by Gasteiger charge is -2.40. The minimum absolute atomic E-state index is 0.0536. The number of carbonyl (C=O) groups excluding carboxylic acids is 1. The number of aromatic nitrogens is 4. The summed E-state index contributed by atoms with van der Waals surface area (Å²) in [5.74, 6) is 0.594. The molecule has 4 aromatic rings. The number of amides is 1. The third kappa shape index (κ3) is 3.20. The van der Waals surface area contributed by atoms with Gasteiger partial charge in [-0.05, 0) is 41.9 Å². The van der Waals surface area contributed by atoms with Crippen molar-refractivity contribution in [2.24, 2.45) is 0 Å². The standard InChI is InChI=1S/C20H16FN7OS/c1-2-16(29)25-12-8-28(9-12)15-6-5-14-18(27-15)20(23-10-22-14)26-13-4-3-11-7-24-30-19(11)17(13)21/h2-7,10,12H,1,8-9H2,(H,25,29)(H,22,23,26). The van der Waals surface area contributed by atoms with Crippen LogP contribution in [0.1, 0.15) is 0 Å². The van der Waals surface area contributed by atoms with E-state index in [1.54, 1.807) is 12.3 Å². The second-order valence-electron chi connectivity index (χ2n) is 6.87. The highest BCUT2D eigenvalue weighted by atomic mass is 32.1. The van der Waals surface area contributed by atoms with Gasteiger partial charge in [-0.15, -0.1) is 0 Å². The summed E-state index contributed by atoms with van der Waals surface area (Å²) in [4.78, 5) is 26.7. The maximum atomic E-state index is 14.8. The number of pyridine rings is 1. The summed E-state index contributed by atoms with van der Waals surface area (Å²) in [6, 6.07) is 7.24. The maximum absolute atomic E-state index is 14.8. The van der Waals surface area contributed by atoms with Gasteiger partial charge in [-0.2, -0.15) is 4.37 Å². The van der Waals surface area contributed by atoms with Crippen LogP contribution in [0.15, 0.2) is 49.4 Å². The largest absolute Gasteiger partial charge is 0.352 e. The van der Waals surface area contributed by atoms with Crippen molar-refractivity contribution in [1.29, 1.82) is 0 Å². The molecule has 3 aromatic heterocycles. The first-order valence-corrected chi connectivity index (χ1v) is 9.99. The van der Waals surface area contributed by atoms with Crippen LogP contribution in [0.2, 0.25) is 0 Å². The van der Waals surface area contributed by atoms with Crippen LogP contribution in [-0.4, -0.2) is 44.4 Å². The van der Waals surface area contributed by atoms with Gasteiger partial charge < -0.3 is 15.5 Å². The average molecular weight is 421 g/mol. The van der Waals surface area contributed by atoms with E-state index in [4.69, 9.17) is 0 Å². The molecule has 4 heterocycles. The van der Waals surface area contributed by atoms with Crippen molar-refractivity contribution in [3.8, 4) is 0 Å². The summed E-state index contributed by atoms with van der Waals surface area (Å²) in [6.45, 7) is 4.75. The van der Waals surface area contributed by atoms with Crippen molar-refractivity contribution >= 4 is 55.9 Å². The van der Waals surface area contributed by atoms with Crippen molar-refractivity contribution in [2.45, 2.75) is 6.04 Å². The first-order valence-electron chi connectivity index (χ1n) is 9.22. The van der Waals surface area contributed by atoms with E-state index in [2.05, 4.69) is 36.5 Å². The molecule has 0 saturated carbocycles. The molecule has 30 heavy (non-hydrogen) atoms. The van der Waals surface area contributed by atoms with Crippen molar-refractivity contribution in [1.82, 2.24) is 24.6 Å². The lowest BCUT2D eigenvalue weighted by atomic mass is 10.1. The molecule has 1 saturated heterocycles. The van der Waals surface area contributed by atoms with Gasteiger partial charge in [-0.1, -0.05) is 6.58 Å². The average Bonchev–Trinajstić information content (AvgIpc) is 3.22. The predicted molar refractivity (Wildman–Crippen MR) is 115 cm³/mol. The van der Waals surface area contributed by atoms with Gasteiger partial charge in [-0.3, -0.25) is 4.79 Å². The molecule has 1 aromatic carbocycles. The van der Waals surface area contributed by atoms with Gasteiger partial charge in [0.05, 0.1) is 21.9 Å². The van der Waals surface area contributed by atoms with E-state index in [1.807, 2.05) is 23.1 Å². The van der Waals surface area contributed by atoms with Crippen LogP contribution in [0.5, 0.6) is 0 Å². The van der Waals surface area contributed by atoms with E-state index < -0.39 is 0 Å². The molecule has 1 aliphatic heterocycles. The van der Waals surface area contributed by atoms with Crippen molar-refractivity contribution in [3.63, 3.8) is 0 Å². The highest BCUT2D eigenvalue weighted by molar-refractivity contribution is 7.13. The topological polar surface area (TPSA) is 95.9 Å². The molecule has 0 unspecified atom stereocenters. The lowest BCUT2D eigenvalue weighted by Crippen LogP contribution is -2.59. The maximum Gasteiger partial charge on any atom is 0.243 e. The first-order chi connectivity index (χ1) is 14.6. The fourth-order valence-electron chi connectivity index (χ4n) is 3.34. The monoisotopic (exact) mass is 421 g/mol. The Morgan fingerprint density at radius 2 is 2.13 bits per heavy atom. The second kappa shape index (κ2) is 7.30. The summed E-state index contributed by atoms with van der Waals surface area (Å²) < 4.78 is 19.4. The zero-order valence-electron chi connectivity index (χ0n) is 15.7. The molecule has 1 aliphatic rings. The van der Waals surface area contributed by atoms with Crippen LogP contribution in [-0.2, 0) is 4.79 Å². The molecule has 2 N–H and O–H groups in total. The normalized spacial score (nSPS) is 14.0. The molecular weight excluding hydrogens is 405 g/mol. The molecule has 10 heteroatoms. The minimum atomic E-state index is -0.374. The Morgan fingerprint density at radius 1 is 1.27 bits per heavy atom. The number of hydrogen-bond acceptors (Lipinski definition) is 8. The third-order valence-corrected chi connectivity index (χ3v) is 5.73. The van der Waals surface area contributed by atoms with Gasteiger partial charge in [0.1, 0.15) is 17.7 Å². The highest BCUT2D eigenvalue weighted by Gasteiger charge is 2.28. The molecule has 8 nitrogen and oxygen atoms in total. The number of hydrogen-bond donors (Lipinski definition) is 2. The Balaban J connectivity index is 1.43. The SMILES string of the molecule is C=CC(=O)NC1CN(c2ccc3ncnc(Nc4ccc5cnsc5c4F)c3n2)C1. The summed E-state index contributed by atoms with van der Waals surface area (Å²) in [5, 5.41) is 6.66. The van der Waals surface area contributed by atoms with Gasteiger partial charge in [0, 0.05) is 24.7 Å². The van der Waals surface area contributed by atoms with E-state index in [-0.39, 0.29) is 17.8 Å². The van der Waals surface area contributed by atoms with E-state index in [0.717, 1.165) is 22.7 Å². The number of nitrogens with one attached hydrogen (secondary N) is 2. The Kier molecular flexibility index (Phi) is 4.47. The van der Waals surface area contributed by atoms with Gasteiger partial charge in [0.15, 0.2) is 11.6 Å². The van der Waals surface area contributed by atoms with E-state index in [0.29, 0.717) is 40.3 Å². The van der Waals surface area contributed by atoms with Crippen molar-refractivity contribution < 1.29 is 9.18 Å². The number of anilines is 3. The quantitative estimate of drug-likeness (QED) is 0.478. The zero-order chi connectivity index (χ0) is 20.7. The number of benzene rings is 1. The van der Waals surface area contributed by atoms with Crippen molar-refractivity contribution in [3.05, 3.63) is 55.3 Å². The summed E-state index contributed by atoms with van der Waals surface area (Å²) in [7, 11) is 0. The van der Waals surface area contributed by atoms with Gasteiger partial charge in [0.2, 0.25) is 5.91 Å². The second-order valence-corrected chi connectivity index (χ2v) is 7.67. The summed E-state index contributed by atoms with van der Waals surface area (Å²) in [6.07, 6.45) is 4.31. The molecule has 1 fully saturated rings. The smallest absolute Gasteiger partial charge is 0.243 e. The Labute approximate surface area is 174 Å². The zero-order valence-corrected chi connectivity index (χ0v) is 16.5. The van der Waals surface area contributed by atoms with E-state index in [1.165, 1.54) is 12.4 Å². The molecule has 150 valence electrons. The van der Waals surface area contributed by atoms with Crippen LogP contribution in [0.25, 0.3) is 21.1 Å². The first kappa shape index (κ1) is 18.4. The molecule has 0 atom stereocenters. The van der Waals surface area contributed by atoms with Crippen LogP contribution in [0.3, 0.4) is 0 Å². The molecule has 1 amide bonds. The molecule has 0 spiro atoms. The Morgan fingerprint density at radius 3 is 2.97 bits per heavy atom. The van der Waals surface area contributed by atoms with Gasteiger partial charge in [0.25, 0.3) is 0 Å². The molecule has 5 rings (SSSR count). The Hall–Kier alpha value is -3.66. The number of halogens is 1. The summed E-state index contributed by atoms with van der Waals surface area (Å²) in [5.41, 5.74) is 1.49. The third-order valence-electron chi connectivity index (χ3n) is 4.92. The summed E-state index contributed by atoms with van der Waals surface area (Å²) >= 11 is 1.11. The molecular formula is C20H16FN7OS. The fourth-order valence-corrected chi connectivity index (χ4v) is 4.03. The van der Waals surface area contributed by atoms with Crippen molar-refractivity contribution in [2.75, 3.05) is 23.3 Å². The van der Waals surface area contributed by atoms with Crippen LogP contribution < -0.4 is 15.5 Å². The van der Waals surface area contributed by atoms with Crippen LogP contribution in [0.4, 0.5) is 21.7 Å². The number of rotatable bonds is 5. The van der Waals surface area contributed by atoms with Gasteiger partial charge >= 0.3 is 0 Å². The number of fused-ring (bicyclic) bond motifs is 2.